The third-order valence-electron chi connectivity index (χ3n) is 3.62. The number of H-pyrrole nitrogens is 2. The van der Waals surface area contributed by atoms with Crippen LogP contribution in [0, 0.1) is 12.7 Å². The number of benzene rings is 1. The summed E-state index contributed by atoms with van der Waals surface area (Å²) in [6.45, 7) is 1.33. The van der Waals surface area contributed by atoms with Crippen molar-refractivity contribution < 1.29 is 17.6 Å². The first-order valence-electron chi connectivity index (χ1n) is 6.86. The molecule has 10 heteroatoms. The van der Waals surface area contributed by atoms with Crippen molar-refractivity contribution in [2.45, 2.75) is 13.1 Å². The number of pyridine rings is 1. The van der Waals surface area contributed by atoms with E-state index >= 15 is 0 Å². The minimum atomic E-state index is -5.05. The molecule has 0 saturated heterocycles. The Kier molecular flexibility index (Phi) is 3.62. The molecule has 2 heterocycles. The fraction of sp³-hybridized carbons (Fsp3) is 0.133. The maximum Gasteiger partial charge on any atom is 0.431 e. The Morgan fingerprint density at radius 3 is 2.36 bits per heavy atom. The number of para-hydroxylation sites is 1. The standard InChI is InChI=1S/C15H9F4N3O3/c1-6-3-2-4-8(16)11(6)22-9(15(17,18)19)5-7-10(13(22)24)20-14(25)21-12(7)23/h2-5H,1H3,(H2,20,21,23,25). The molecule has 3 rings (SSSR count). The number of alkyl halides is 3. The van der Waals surface area contributed by atoms with Crippen molar-refractivity contribution in [1.29, 1.82) is 0 Å². The van der Waals surface area contributed by atoms with Gasteiger partial charge >= 0.3 is 11.9 Å². The van der Waals surface area contributed by atoms with Crippen LogP contribution in [0.15, 0.2) is 38.6 Å². The molecule has 1 aromatic carbocycles. The average Bonchev–Trinajstić information content (AvgIpc) is 2.48. The molecular formula is C15H9F4N3O3. The molecule has 0 aliphatic heterocycles. The van der Waals surface area contributed by atoms with E-state index < -0.39 is 51.1 Å². The minimum absolute atomic E-state index is 0.0686. The number of aromatic nitrogens is 3. The lowest BCUT2D eigenvalue weighted by atomic mass is 10.1. The molecule has 0 fully saturated rings. The lowest BCUT2D eigenvalue weighted by Gasteiger charge is -2.18. The molecule has 25 heavy (non-hydrogen) atoms. The second kappa shape index (κ2) is 5.43. The molecule has 2 N–H and O–H groups in total. The van der Waals surface area contributed by atoms with E-state index in [-0.39, 0.29) is 10.1 Å². The van der Waals surface area contributed by atoms with Crippen molar-refractivity contribution in [3.63, 3.8) is 0 Å². The highest BCUT2D eigenvalue weighted by Gasteiger charge is 2.37. The van der Waals surface area contributed by atoms with Crippen molar-refractivity contribution in [1.82, 2.24) is 14.5 Å². The molecule has 0 amide bonds. The Morgan fingerprint density at radius 1 is 1.08 bits per heavy atom. The van der Waals surface area contributed by atoms with E-state index in [0.717, 1.165) is 6.07 Å². The van der Waals surface area contributed by atoms with Gasteiger partial charge < -0.3 is 4.98 Å². The fourth-order valence-electron chi connectivity index (χ4n) is 2.56. The zero-order valence-electron chi connectivity index (χ0n) is 12.5. The second-order valence-corrected chi connectivity index (χ2v) is 5.27. The Hall–Kier alpha value is -3.17. The van der Waals surface area contributed by atoms with Crippen LogP contribution >= 0.6 is 0 Å². The zero-order chi connectivity index (χ0) is 18.5. The largest absolute Gasteiger partial charge is 0.431 e. The van der Waals surface area contributed by atoms with Gasteiger partial charge in [0.2, 0.25) is 0 Å². The summed E-state index contributed by atoms with van der Waals surface area (Å²) < 4.78 is 54.6. The molecule has 0 atom stereocenters. The Morgan fingerprint density at radius 2 is 1.76 bits per heavy atom. The Labute approximate surface area is 135 Å². The summed E-state index contributed by atoms with van der Waals surface area (Å²) in [4.78, 5) is 39.4. The maximum atomic E-state index is 14.2. The van der Waals surface area contributed by atoms with Crippen LogP contribution in [-0.2, 0) is 6.18 Å². The monoisotopic (exact) mass is 355 g/mol. The maximum absolute atomic E-state index is 14.2. The summed E-state index contributed by atoms with van der Waals surface area (Å²) in [5.41, 5.74) is -6.30. The molecule has 2 aromatic heterocycles. The molecule has 6 nitrogen and oxygen atoms in total. The van der Waals surface area contributed by atoms with Crippen LogP contribution in [0.25, 0.3) is 16.6 Å². The van der Waals surface area contributed by atoms with E-state index in [0.29, 0.717) is 6.07 Å². The van der Waals surface area contributed by atoms with E-state index in [9.17, 15) is 31.9 Å². The first-order chi connectivity index (χ1) is 11.6. The molecular weight excluding hydrogens is 346 g/mol. The summed E-state index contributed by atoms with van der Waals surface area (Å²) in [6.07, 6.45) is -5.05. The van der Waals surface area contributed by atoms with Gasteiger partial charge in [-0.1, -0.05) is 12.1 Å². The van der Waals surface area contributed by atoms with Gasteiger partial charge in [-0.05, 0) is 24.6 Å². The summed E-state index contributed by atoms with van der Waals surface area (Å²) >= 11 is 0. The van der Waals surface area contributed by atoms with Gasteiger partial charge in [0.15, 0.2) is 0 Å². The quantitative estimate of drug-likeness (QED) is 0.653. The number of halogens is 4. The Balaban J connectivity index is 2.63. The van der Waals surface area contributed by atoms with Gasteiger partial charge in [-0.2, -0.15) is 13.2 Å². The van der Waals surface area contributed by atoms with Gasteiger partial charge in [0.25, 0.3) is 11.1 Å². The smallest absolute Gasteiger partial charge is 0.302 e. The SMILES string of the molecule is Cc1cccc(F)c1-n1c(C(F)(F)F)cc2c(=O)[nH]c(=O)[nH]c2c1=O. The third kappa shape index (κ3) is 2.65. The summed E-state index contributed by atoms with van der Waals surface area (Å²) in [7, 11) is 0. The number of hydrogen-bond donors (Lipinski definition) is 2. The molecule has 0 spiro atoms. The molecule has 130 valence electrons. The summed E-state index contributed by atoms with van der Waals surface area (Å²) in [5.74, 6) is -1.06. The van der Waals surface area contributed by atoms with Gasteiger partial charge in [-0.15, -0.1) is 0 Å². The van der Waals surface area contributed by atoms with Gasteiger partial charge in [0.1, 0.15) is 17.0 Å². The van der Waals surface area contributed by atoms with Crippen LogP contribution in [0.4, 0.5) is 17.6 Å². The number of aromatic amines is 2. The number of hydrogen-bond acceptors (Lipinski definition) is 3. The second-order valence-electron chi connectivity index (χ2n) is 5.27. The molecule has 0 bridgehead atoms. The predicted octanol–water partition coefficient (Wildman–Crippen LogP) is 1.83. The van der Waals surface area contributed by atoms with E-state index in [1.807, 2.05) is 4.98 Å². The number of aryl methyl sites for hydroxylation is 1. The van der Waals surface area contributed by atoms with Crippen LogP contribution in [-0.4, -0.2) is 14.5 Å². The highest BCUT2D eigenvalue weighted by Crippen LogP contribution is 2.32. The molecule has 0 radical (unpaired) electrons. The van der Waals surface area contributed by atoms with Gasteiger partial charge in [-0.25, -0.2) is 9.18 Å². The summed E-state index contributed by atoms with van der Waals surface area (Å²) in [5, 5.41) is -0.651. The van der Waals surface area contributed by atoms with Crippen molar-refractivity contribution >= 4 is 10.9 Å². The molecule has 0 unspecified atom stereocenters. The minimum Gasteiger partial charge on any atom is -0.302 e. The lowest BCUT2D eigenvalue weighted by Crippen LogP contribution is -2.33. The van der Waals surface area contributed by atoms with Gasteiger partial charge in [0.05, 0.1) is 11.1 Å². The number of rotatable bonds is 1. The van der Waals surface area contributed by atoms with E-state index in [1.165, 1.54) is 19.1 Å². The van der Waals surface area contributed by atoms with Gasteiger partial charge in [0, 0.05) is 0 Å². The Bertz CT molecular complexity index is 1150. The van der Waals surface area contributed by atoms with Crippen LogP contribution < -0.4 is 16.8 Å². The number of nitrogens with zero attached hydrogens (tertiary/aromatic N) is 1. The molecule has 0 saturated carbocycles. The topological polar surface area (TPSA) is 87.7 Å². The molecule has 0 aliphatic carbocycles. The zero-order valence-corrected chi connectivity index (χ0v) is 12.5. The highest BCUT2D eigenvalue weighted by molar-refractivity contribution is 5.77. The van der Waals surface area contributed by atoms with E-state index in [1.54, 1.807) is 4.98 Å². The fourth-order valence-corrected chi connectivity index (χ4v) is 2.56. The van der Waals surface area contributed by atoms with Crippen LogP contribution in [0.2, 0.25) is 0 Å². The highest BCUT2D eigenvalue weighted by atomic mass is 19.4. The third-order valence-corrected chi connectivity index (χ3v) is 3.62. The van der Waals surface area contributed by atoms with Crippen molar-refractivity contribution in [2.24, 2.45) is 0 Å². The normalized spacial score (nSPS) is 11.9. The molecule has 3 aromatic rings. The lowest BCUT2D eigenvalue weighted by molar-refractivity contribution is -0.142. The summed E-state index contributed by atoms with van der Waals surface area (Å²) in [6, 6.07) is 3.91. The van der Waals surface area contributed by atoms with E-state index in [4.69, 9.17) is 0 Å². The first-order valence-corrected chi connectivity index (χ1v) is 6.86. The van der Waals surface area contributed by atoms with Crippen molar-refractivity contribution in [3.05, 3.63) is 72.5 Å². The number of nitrogens with one attached hydrogen (secondary N) is 2. The van der Waals surface area contributed by atoms with Crippen LogP contribution in [0.3, 0.4) is 0 Å². The molecule has 0 aliphatic rings. The van der Waals surface area contributed by atoms with Crippen LogP contribution in [0.5, 0.6) is 0 Å². The average molecular weight is 355 g/mol. The van der Waals surface area contributed by atoms with Gasteiger partial charge in [-0.3, -0.25) is 19.1 Å². The van der Waals surface area contributed by atoms with Crippen molar-refractivity contribution in [2.75, 3.05) is 0 Å². The first kappa shape index (κ1) is 16.7. The van der Waals surface area contributed by atoms with Crippen LogP contribution in [0.1, 0.15) is 11.3 Å². The van der Waals surface area contributed by atoms with Crippen molar-refractivity contribution in [3.8, 4) is 5.69 Å². The van der Waals surface area contributed by atoms with E-state index in [2.05, 4.69) is 0 Å². The predicted molar refractivity (Wildman–Crippen MR) is 80.5 cm³/mol. The number of fused-ring (bicyclic) bond motifs is 1.